The lowest BCUT2D eigenvalue weighted by atomic mass is 10.0. The van der Waals surface area contributed by atoms with Gasteiger partial charge < -0.3 is 20.8 Å². The first-order valence-electron chi connectivity index (χ1n) is 5.79. The van der Waals surface area contributed by atoms with E-state index in [1.54, 1.807) is 0 Å². The van der Waals surface area contributed by atoms with Crippen molar-refractivity contribution in [1.82, 2.24) is 0 Å². The second-order valence-corrected chi connectivity index (χ2v) is 7.03. The van der Waals surface area contributed by atoms with E-state index in [0.29, 0.717) is 3.79 Å². The number of thiophene rings is 1. The Morgan fingerprint density at radius 3 is 2.80 bits per heavy atom. The number of carbonyl (C=O) groups is 1. The SMILES string of the molecule is NC(CO)CN1CC(F)(F)Cc2c(Br)sc(C(=O)O)c21. The number of carboxylic acids is 1. The molecule has 0 bridgehead atoms. The van der Waals surface area contributed by atoms with E-state index in [0.717, 1.165) is 11.3 Å². The standard InChI is InChI=1S/C11H13BrF2N2O3S/c12-9-6-1-11(13,14)4-16(2-5(15)3-17)7(6)8(20-9)10(18)19/h5,17H,1-4,15H2,(H,18,19). The van der Waals surface area contributed by atoms with Crippen LogP contribution in [0, 0.1) is 0 Å². The van der Waals surface area contributed by atoms with E-state index in [2.05, 4.69) is 15.9 Å². The van der Waals surface area contributed by atoms with Crippen LogP contribution in [0.1, 0.15) is 15.2 Å². The highest BCUT2D eigenvalue weighted by atomic mass is 79.9. The monoisotopic (exact) mass is 370 g/mol. The van der Waals surface area contributed by atoms with Gasteiger partial charge in [0.25, 0.3) is 5.92 Å². The molecule has 0 aromatic carbocycles. The summed E-state index contributed by atoms with van der Waals surface area (Å²) in [4.78, 5) is 12.5. The molecular formula is C11H13BrF2N2O3S. The number of aliphatic hydroxyl groups is 1. The molecule has 20 heavy (non-hydrogen) atoms. The Morgan fingerprint density at radius 1 is 1.60 bits per heavy atom. The van der Waals surface area contributed by atoms with Crippen molar-refractivity contribution in [2.45, 2.75) is 18.4 Å². The Hall–Kier alpha value is -0.770. The third kappa shape index (κ3) is 2.95. The molecule has 0 aliphatic carbocycles. The summed E-state index contributed by atoms with van der Waals surface area (Å²) in [7, 11) is 0. The zero-order valence-electron chi connectivity index (χ0n) is 10.3. The number of hydrogen-bond acceptors (Lipinski definition) is 5. The van der Waals surface area contributed by atoms with E-state index in [-0.39, 0.29) is 29.3 Å². The van der Waals surface area contributed by atoms with Crippen LogP contribution in [0.2, 0.25) is 0 Å². The van der Waals surface area contributed by atoms with Crippen molar-refractivity contribution >= 4 is 38.9 Å². The number of nitrogens with zero attached hydrogens (tertiary/aromatic N) is 1. The van der Waals surface area contributed by atoms with Crippen molar-refractivity contribution in [3.63, 3.8) is 0 Å². The normalized spacial score (nSPS) is 18.8. The maximum absolute atomic E-state index is 13.8. The number of alkyl halides is 2. The Morgan fingerprint density at radius 2 is 2.25 bits per heavy atom. The van der Waals surface area contributed by atoms with Gasteiger partial charge in [-0.2, -0.15) is 0 Å². The fourth-order valence-electron chi connectivity index (χ4n) is 2.23. The van der Waals surface area contributed by atoms with Crippen LogP contribution in [0.5, 0.6) is 0 Å². The van der Waals surface area contributed by atoms with Gasteiger partial charge in [0.1, 0.15) is 4.88 Å². The van der Waals surface area contributed by atoms with Gasteiger partial charge in [0.05, 0.1) is 22.6 Å². The van der Waals surface area contributed by atoms with Gasteiger partial charge in [-0.05, 0) is 15.9 Å². The average Bonchev–Trinajstić information content (AvgIpc) is 2.65. The molecule has 1 aromatic heterocycles. The summed E-state index contributed by atoms with van der Waals surface area (Å²) < 4.78 is 27.9. The van der Waals surface area contributed by atoms with Gasteiger partial charge >= 0.3 is 5.97 Å². The summed E-state index contributed by atoms with van der Waals surface area (Å²) in [6.07, 6.45) is -0.502. The number of nitrogens with two attached hydrogens (primary N) is 1. The van der Waals surface area contributed by atoms with Crippen molar-refractivity contribution in [1.29, 1.82) is 0 Å². The molecule has 9 heteroatoms. The Bertz CT molecular complexity index is 538. The molecule has 2 rings (SSSR count). The smallest absolute Gasteiger partial charge is 0.348 e. The maximum Gasteiger partial charge on any atom is 0.348 e. The van der Waals surface area contributed by atoms with Crippen LogP contribution in [-0.2, 0) is 6.42 Å². The zero-order valence-corrected chi connectivity index (χ0v) is 12.7. The second kappa shape index (κ2) is 5.55. The predicted molar refractivity (Wildman–Crippen MR) is 74.9 cm³/mol. The van der Waals surface area contributed by atoms with Gasteiger partial charge in [-0.25, -0.2) is 13.6 Å². The number of rotatable bonds is 4. The minimum atomic E-state index is -2.96. The Labute approximate surface area is 126 Å². The number of anilines is 1. The first-order valence-corrected chi connectivity index (χ1v) is 7.40. The van der Waals surface area contributed by atoms with E-state index in [1.165, 1.54) is 4.90 Å². The summed E-state index contributed by atoms with van der Waals surface area (Å²) in [6.45, 7) is -0.981. The molecule has 5 nitrogen and oxygen atoms in total. The van der Waals surface area contributed by atoms with Crippen molar-refractivity contribution in [2.75, 3.05) is 24.6 Å². The average molecular weight is 371 g/mol. The molecule has 2 heterocycles. The molecule has 1 atom stereocenters. The fraction of sp³-hybridized carbons (Fsp3) is 0.545. The van der Waals surface area contributed by atoms with Crippen LogP contribution in [0.3, 0.4) is 0 Å². The molecule has 0 radical (unpaired) electrons. The predicted octanol–water partition coefficient (Wildman–Crippen LogP) is 1.53. The van der Waals surface area contributed by atoms with Crippen molar-refractivity contribution in [3.8, 4) is 0 Å². The third-order valence-electron chi connectivity index (χ3n) is 2.99. The summed E-state index contributed by atoms with van der Waals surface area (Å²) in [6, 6.07) is -0.711. The summed E-state index contributed by atoms with van der Waals surface area (Å²) in [5.41, 5.74) is 6.16. The molecular weight excluding hydrogens is 358 g/mol. The highest BCUT2D eigenvalue weighted by molar-refractivity contribution is 9.11. The van der Waals surface area contributed by atoms with Crippen LogP contribution in [0.15, 0.2) is 3.79 Å². The van der Waals surface area contributed by atoms with E-state index in [4.69, 9.17) is 10.8 Å². The molecule has 0 amide bonds. The van der Waals surface area contributed by atoms with Crippen LogP contribution >= 0.6 is 27.3 Å². The highest BCUT2D eigenvalue weighted by Crippen LogP contribution is 2.46. The Kier molecular flexibility index (Phi) is 4.33. The fourth-order valence-corrected chi connectivity index (χ4v) is 3.95. The van der Waals surface area contributed by atoms with Crippen molar-refractivity contribution in [3.05, 3.63) is 14.2 Å². The van der Waals surface area contributed by atoms with Gasteiger partial charge in [0, 0.05) is 24.6 Å². The molecule has 1 aliphatic heterocycles. The van der Waals surface area contributed by atoms with E-state index in [1.807, 2.05) is 0 Å². The van der Waals surface area contributed by atoms with Crippen molar-refractivity contribution < 1.29 is 23.8 Å². The number of carboxylic acid groups (broad SMARTS) is 1. The lowest BCUT2D eigenvalue weighted by Gasteiger charge is -2.36. The largest absolute Gasteiger partial charge is 0.477 e. The third-order valence-corrected chi connectivity index (χ3v) is 4.95. The van der Waals surface area contributed by atoms with Gasteiger partial charge in [0.2, 0.25) is 0 Å². The van der Waals surface area contributed by atoms with Crippen LogP contribution < -0.4 is 10.6 Å². The van der Waals surface area contributed by atoms with E-state index < -0.39 is 30.9 Å². The second-order valence-electron chi connectivity index (χ2n) is 4.69. The maximum atomic E-state index is 13.8. The number of halogens is 3. The molecule has 4 N–H and O–H groups in total. The van der Waals surface area contributed by atoms with Gasteiger partial charge in [0.15, 0.2) is 0 Å². The minimum absolute atomic E-state index is 0.00696. The molecule has 0 spiro atoms. The van der Waals surface area contributed by atoms with Crippen LogP contribution in [0.25, 0.3) is 0 Å². The summed E-state index contributed by atoms with van der Waals surface area (Å²) in [5.74, 6) is -4.12. The lowest BCUT2D eigenvalue weighted by Crippen LogP contribution is -2.49. The topological polar surface area (TPSA) is 86.8 Å². The van der Waals surface area contributed by atoms with E-state index >= 15 is 0 Å². The summed E-state index contributed by atoms with van der Waals surface area (Å²) >= 11 is 4.06. The van der Waals surface area contributed by atoms with Gasteiger partial charge in [-0.1, -0.05) is 0 Å². The van der Waals surface area contributed by atoms with Gasteiger partial charge in [-0.3, -0.25) is 0 Å². The minimum Gasteiger partial charge on any atom is -0.477 e. The number of hydrogen-bond donors (Lipinski definition) is 3. The quantitative estimate of drug-likeness (QED) is 0.747. The molecule has 1 aliphatic rings. The number of fused-ring (bicyclic) bond motifs is 1. The first-order chi connectivity index (χ1) is 9.25. The first kappa shape index (κ1) is 15.6. The summed E-state index contributed by atoms with van der Waals surface area (Å²) in [5, 5.41) is 18.2. The lowest BCUT2D eigenvalue weighted by molar-refractivity contribution is 0.00474. The van der Waals surface area contributed by atoms with Crippen LogP contribution in [-0.4, -0.2) is 47.8 Å². The number of aromatic carboxylic acids is 1. The highest BCUT2D eigenvalue weighted by Gasteiger charge is 2.42. The molecule has 1 aromatic rings. The van der Waals surface area contributed by atoms with Crippen molar-refractivity contribution in [2.24, 2.45) is 5.73 Å². The molecule has 1 unspecified atom stereocenters. The van der Waals surface area contributed by atoms with Gasteiger partial charge in [-0.15, -0.1) is 11.3 Å². The molecule has 0 saturated heterocycles. The molecule has 0 saturated carbocycles. The van der Waals surface area contributed by atoms with Crippen LogP contribution in [0.4, 0.5) is 14.5 Å². The molecule has 112 valence electrons. The van der Waals surface area contributed by atoms with E-state index in [9.17, 15) is 18.7 Å². The Balaban J connectivity index is 2.47. The zero-order chi connectivity index (χ0) is 15.1. The number of aliphatic hydroxyl groups excluding tert-OH is 1. The molecule has 0 fully saturated rings.